The predicted molar refractivity (Wildman–Crippen MR) is 84.8 cm³/mol. The Morgan fingerprint density at radius 3 is 2.16 bits per heavy atom. The van der Waals surface area contributed by atoms with E-state index >= 15 is 0 Å². The Bertz CT molecular complexity index is 826. The number of benzene rings is 2. The highest BCUT2D eigenvalue weighted by atomic mass is 19.4. The minimum atomic E-state index is -4.60. The summed E-state index contributed by atoms with van der Waals surface area (Å²) < 4.78 is 48.7. The average molecular weight is 352 g/mol. The number of hydrogen-bond acceptors (Lipinski definition) is 4. The number of rotatable bonds is 4. The number of Topliss-reactive ketones (excluding diaryl/α,β-unsaturated/α-hetero) is 1. The van der Waals surface area contributed by atoms with Crippen molar-refractivity contribution in [3.05, 3.63) is 53.1 Å². The van der Waals surface area contributed by atoms with Crippen LogP contribution in [0, 0.1) is 0 Å². The highest BCUT2D eigenvalue weighted by molar-refractivity contribution is 6.00. The van der Waals surface area contributed by atoms with Crippen LogP contribution < -0.4 is 4.74 Å². The molecule has 0 atom stereocenters. The summed E-state index contributed by atoms with van der Waals surface area (Å²) in [6.45, 7) is 1.36. The lowest BCUT2D eigenvalue weighted by molar-refractivity contribution is -0.137. The van der Waals surface area contributed by atoms with Crippen molar-refractivity contribution in [2.75, 3.05) is 14.2 Å². The molecule has 2 aromatic carbocycles. The molecule has 0 amide bonds. The Morgan fingerprint density at radius 2 is 1.64 bits per heavy atom. The number of carbonyl (C=O) groups excluding carboxylic acids is 2. The van der Waals surface area contributed by atoms with Crippen LogP contribution in [0.5, 0.6) is 5.75 Å². The summed E-state index contributed by atoms with van der Waals surface area (Å²) >= 11 is 0. The fourth-order valence-corrected chi connectivity index (χ4v) is 2.37. The van der Waals surface area contributed by atoms with Gasteiger partial charge in [-0.1, -0.05) is 6.07 Å². The van der Waals surface area contributed by atoms with Crippen LogP contribution in [0.3, 0.4) is 0 Å². The van der Waals surface area contributed by atoms with Crippen LogP contribution in [-0.4, -0.2) is 26.0 Å². The van der Waals surface area contributed by atoms with E-state index in [0.717, 1.165) is 25.3 Å². The molecule has 0 heterocycles. The summed E-state index contributed by atoms with van der Waals surface area (Å²) in [5.41, 5.74) is -0.398. The van der Waals surface area contributed by atoms with E-state index in [4.69, 9.17) is 4.74 Å². The molecule has 0 aliphatic carbocycles. The molecule has 132 valence electrons. The SMILES string of the molecule is COC(=O)c1cc(C(F)(F)F)ccc1-c1cc(C(C)=O)ccc1OC. The summed E-state index contributed by atoms with van der Waals surface area (Å²) in [6, 6.07) is 7.27. The molecular weight excluding hydrogens is 337 g/mol. The van der Waals surface area contributed by atoms with Crippen molar-refractivity contribution < 1.29 is 32.2 Å². The van der Waals surface area contributed by atoms with Crippen molar-refractivity contribution in [2.45, 2.75) is 13.1 Å². The van der Waals surface area contributed by atoms with Gasteiger partial charge in [0.1, 0.15) is 5.75 Å². The molecule has 0 unspecified atom stereocenters. The van der Waals surface area contributed by atoms with Crippen molar-refractivity contribution in [1.29, 1.82) is 0 Å². The van der Waals surface area contributed by atoms with Gasteiger partial charge in [0.25, 0.3) is 0 Å². The van der Waals surface area contributed by atoms with Gasteiger partial charge >= 0.3 is 12.1 Å². The maximum Gasteiger partial charge on any atom is 0.416 e. The van der Waals surface area contributed by atoms with E-state index in [1.165, 1.54) is 32.2 Å². The lowest BCUT2D eigenvalue weighted by Crippen LogP contribution is -2.10. The number of alkyl halides is 3. The zero-order valence-electron chi connectivity index (χ0n) is 13.7. The van der Waals surface area contributed by atoms with E-state index in [0.29, 0.717) is 16.9 Å². The second-order valence-electron chi connectivity index (χ2n) is 5.22. The third-order valence-corrected chi connectivity index (χ3v) is 3.65. The third kappa shape index (κ3) is 3.81. The van der Waals surface area contributed by atoms with Crippen molar-refractivity contribution >= 4 is 11.8 Å². The minimum absolute atomic E-state index is 0.180. The molecule has 0 radical (unpaired) electrons. The van der Waals surface area contributed by atoms with Crippen LogP contribution >= 0.6 is 0 Å². The Labute approximate surface area is 142 Å². The highest BCUT2D eigenvalue weighted by Crippen LogP contribution is 2.37. The number of hydrogen-bond donors (Lipinski definition) is 0. The molecule has 4 nitrogen and oxygen atoms in total. The molecule has 0 saturated heterocycles. The fourth-order valence-electron chi connectivity index (χ4n) is 2.37. The van der Waals surface area contributed by atoms with Gasteiger partial charge in [0.15, 0.2) is 5.78 Å². The smallest absolute Gasteiger partial charge is 0.416 e. The number of ether oxygens (including phenoxy) is 2. The first-order chi connectivity index (χ1) is 11.7. The van der Waals surface area contributed by atoms with E-state index in [2.05, 4.69) is 4.74 Å². The van der Waals surface area contributed by atoms with E-state index < -0.39 is 17.7 Å². The summed E-state index contributed by atoms with van der Waals surface area (Å²) in [5, 5.41) is 0. The van der Waals surface area contributed by atoms with Gasteiger partial charge in [-0.15, -0.1) is 0 Å². The first-order valence-electron chi connectivity index (χ1n) is 7.18. The number of esters is 1. The average Bonchev–Trinajstić information content (AvgIpc) is 2.59. The highest BCUT2D eigenvalue weighted by Gasteiger charge is 2.32. The summed E-state index contributed by atoms with van der Waals surface area (Å²) in [6.07, 6.45) is -4.60. The molecule has 0 saturated carbocycles. The summed E-state index contributed by atoms with van der Waals surface area (Å²) in [5.74, 6) is -0.832. The van der Waals surface area contributed by atoms with Crippen LogP contribution in [0.1, 0.15) is 33.2 Å². The second-order valence-corrected chi connectivity index (χ2v) is 5.22. The third-order valence-electron chi connectivity index (χ3n) is 3.65. The van der Waals surface area contributed by atoms with Gasteiger partial charge in [0, 0.05) is 11.1 Å². The van der Waals surface area contributed by atoms with E-state index in [9.17, 15) is 22.8 Å². The lowest BCUT2D eigenvalue weighted by atomic mass is 9.94. The van der Waals surface area contributed by atoms with Gasteiger partial charge in [-0.3, -0.25) is 4.79 Å². The second kappa shape index (κ2) is 6.96. The number of halogens is 3. The van der Waals surface area contributed by atoms with Gasteiger partial charge < -0.3 is 9.47 Å². The van der Waals surface area contributed by atoms with E-state index in [-0.39, 0.29) is 16.9 Å². The normalized spacial score (nSPS) is 11.1. The molecule has 0 N–H and O–H groups in total. The molecule has 0 aliphatic rings. The predicted octanol–water partition coefficient (Wildman–Crippen LogP) is 4.37. The maximum atomic E-state index is 13.0. The van der Waals surface area contributed by atoms with Gasteiger partial charge in [0.05, 0.1) is 25.3 Å². The lowest BCUT2D eigenvalue weighted by Gasteiger charge is -2.15. The standard InChI is InChI=1S/C18H15F3O4/c1-10(22)11-4-7-16(24-2)14(8-11)13-6-5-12(18(19,20)21)9-15(13)17(23)25-3/h4-9H,1-3H3. The van der Waals surface area contributed by atoms with Crippen LogP contribution in [0.15, 0.2) is 36.4 Å². The van der Waals surface area contributed by atoms with E-state index in [1.807, 2.05) is 0 Å². The van der Waals surface area contributed by atoms with Crippen molar-refractivity contribution in [1.82, 2.24) is 0 Å². The summed E-state index contributed by atoms with van der Waals surface area (Å²) in [7, 11) is 2.46. The van der Waals surface area contributed by atoms with Gasteiger partial charge in [-0.05, 0) is 42.8 Å². The molecule has 2 rings (SSSR count). The monoisotopic (exact) mass is 352 g/mol. The quantitative estimate of drug-likeness (QED) is 0.606. The Hall–Kier alpha value is -2.83. The molecule has 7 heteroatoms. The van der Waals surface area contributed by atoms with Crippen LogP contribution in [0.4, 0.5) is 13.2 Å². The van der Waals surface area contributed by atoms with E-state index in [1.54, 1.807) is 0 Å². The molecule has 0 fully saturated rings. The number of carbonyl (C=O) groups is 2. The largest absolute Gasteiger partial charge is 0.496 e. The van der Waals surface area contributed by atoms with Gasteiger partial charge in [0.2, 0.25) is 0 Å². The zero-order chi connectivity index (χ0) is 18.8. The fraction of sp³-hybridized carbons (Fsp3) is 0.222. The zero-order valence-corrected chi connectivity index (χ0v) is 13.7. The molecule has 25 heavy (non-hydrogen) atoms. The first-order valence-corrected chi connectivity index (χ1v) is 7.18. The molecule has 0 aromatic heterocycles. The van der Waals surface area contributed by atoms with Crippen molar-refractivity contribution in [3.63, 3.8) is 0 Å². The molecule has 2 aromatic rings. The topological polar surface area (TPSA) is 52.6 Å². The molecule has 0 aliphatic heterocycles. The van der Waals surface area contributed by atoms with Gasteiger partial charge in [-0.2, -0.15) is 13.2 Å². The van der Waals surface area contributed by atoms with Gasteiger partial charge in [-0.25, -0.2) is 4.79 Å². The first kappa shape index (κ1) is 18.5. The summed E-state index contributed by atoms with van der Waals surface area (Å²) in [4.78, 5) is 23.6. The van der Waals surface area contributed by atoms with Crippen LogP contribution in [-0.2, 0) is 10.9 Å². The number of methoxy groups -OCH3 is 2. The number of ketones is 1. The molecule has 0 spiro atoms. The Balaban J connectivity index is 2.76. The Morgan fingerprint density at radius 1 is 0.960 bits per heavy atom. The van der Waals surface area contributed by atoms with Crippen LogP contribution in [0.25, 0.3) is 11.1 Å². The van der Waals surface area contributed by atoms with Crippen molar-refractivity contribution in [2.24, 2.45) is 0 Å². The van der Waals surface area contributed by atoms with Crippen LogP contribution in [0.2, 0.25) is 0 Å². The maximum absolute atomic E-state index is 13.0. The Kier molecular flexibility index (Phi) is 5.15. The van der Waals surface area contributed by atoms with Crippen molar-refractivity contribution in [3.8, 4) is 16.9 Å². The molecule has 0 bridgehead atoms. The minimum Gasteiger partial charge on any atom is -0.496 e. The molecular formula is C18H15F3O4.